The van der Waals surface area contributed by atoms with Crippen LogP contribution in [0, 0.1) is 5.41 Å². The van der Waals surface area contributed by atoms with E-state index in [4.69, 9.17) is 5.73 Å². The Kier molecular flexibility index (Phi) is 37.3. The first-order valence-electron chi connectivity index (χ1n) is 21.8. The highest BCUT2D eigenvalue weighted by atomic mass is 14.5. The molecule has 0 aromatic heterocycles. The van der Waals surface area contributed by atoms with E-state index >= 15 is 0 Å². The SMILES string of the molecule is C=C(CCCCCCCCCCCCCCCCCCCCCCCCCCCCCCCCCCCCCCN)CC(C)(C)C. The predicted molar refractivity (Wildman–Crippen MR) is 213 cm³/mol. The summed E-state index contributed by atoms with van der Waals surface area (Å²) in [6.07, 6.45) is 54.9. The lowest BCUT2D eigenvalue weighted by Gasteiger charge is -2.19. The van der Waals surface area contributed by atoms with Gasteiger partial charge < -0.3 is 5.73 Å². The largest absolute Gasteiger partial charge is 0.330 e. The molecule has 0 saturated carbocycles. The molecule has 0 unspecified atom stereocenters. The summed E-state index contributed by atoms with van der Waals surface area (Å²) in [4.78, 5) is 0. The van der Waals surface area contributed by atoms with Gasteiger partial charge in [-0.05, 0) is 37.6 Å². The summed E-state index contributed by atoms with van der Waals surface area (Å²) >= 11 is 0. The van der Waals surface area contributed by atoms with Crippen molar-refractivity contribution in [3.63, 3.8) is 0 Å². The van der Waals surface area contributed by atoms with Gasteiger partial charge in [-0.15, -0.1) is 0 Å². The lowest BCUT2D eigenvalue weighted by Crippen LogP contribution is -2.05. The van der Waals surface area contributed by atoms with Crippen molar-refractivity contribution in [1.29, 1.82) is 0 Å². The van der Waals surface area contributed by atoms with Crippen molar-refractivity contribution in [2.45, 2.75) is 265 Å². The van der Waals surface area contributed by atoms with E-state index in [0.717, 1.165) is 6.54 Å². The second kappa shape index (κ2) is 37.5. The van der Waals surface area contributed by atoms with Crippen LogP contribution in [0.3, 0.4) is 0 Å². The highest BCUT2D eigenvalue weighted by molar-refractivity contribution is 4.97. The van der Waals surface area contributed by atoms with Crippen LogP contribution in [0.4, 0.5) is 0 Å². The van der Waals surface area contributed by atoms with Crippen molar-refractivity contribution in [1.82, 2.24) is 0 Å². The van der Waals surface area contributed by atoms with Crippen LogP contribution in [0.15, 0.2) is 12.2 Å². The molecule has 0 radical (unpaired) electrons. The molecule has 0 bridgehead atoms. The fourth-order valence-corrected chi connectivity index (χ4v) is 7.37. The van der Waals surface area contributed by atoms with Crippen LogP contribution >= 0.6 is 0 Å². The molecule has 0 aromatic carbocycles. The highest BCUT2D eigenvalue weighted by Gasteiger charge is 2.11. The van der Waals surface area contributed by atoms with Gasteiger partial charge in [0, 0.05) is 0 Å². The van der Waals surface area contributed by atoms with Crippen LogP contribution in [-0.2, 0) is 0 Å². The zero-order valence-corrected chi connectivity index (χ0v) is 32.9. The van der Waals surface area contributed by atoms with Crippen LogP contribution < -0.4 is 5.73 Å². The highest BCUT2D eigenvalue weighted by Crippen LogP contribution is 2.26. The zero-order chi connectivity index (χ0) is 33.7. The van der Waals surface area contributed by atoms with Gasteiger partial charge in [-0.3, -0.25) is 0 Å². The number of hydrogen-bond acceptors (Lipinski definition) is 1. The first kappa shape index (κ1) is 45.7. The maximum absolute atomic E-state index is 5.56. The van der Waals surface area contributed by atoms with Crippen LogP contribution in [0.25, 0.3) is 0 Å². The van der Waals surface area contributed by atoms with Gasteiger partial charge in [-0.1, -0.05) is 251 Å². The van der Waals surface area contributed by atoms with Crippen LogP contribution in [-0.4, -0.2) is 6.54 Å². The Hall–Kier alpha value is -0.300. The number of unbranched alkanes of at least 4 members (excludes halogenated alkanes) is 35. The van der Waals surface area contributed by atoms with Crippen molar-refractivity contribution in [2.75, 3.05) is 6.54 Å². The number of nitrogens with two attached hydrogens (primary N) is 1. The predicted octanol–water partition coefficient (Wildman–Crippen LogP) is 16.4. The summed E-state index contributed by atoms with van der Waals surface area (Å²) < 4.78 is 0. The standard InChI is InChI=1S/C45H91N/c1-44(43-45(2,3)4)41-39-37-35-33-31-29-27-25-23-21-19-17-15-13-11-9-7-5-6-8-10-12-14-16-18-20-22-24-26-28-30-32-34-36-38-40-42-46/h1,5-43,46H2,2-4H3. The Balaban J connectivity index is 3.09. The minimum absolute atomic E-state index is 0.403. The summed E-state index contributed by atoms with van der Waals surface area (Å²) in [7, 11) is 0. The third-order valence-corrected chi connectivity index (χ3v) is 10.3. The summed E-state index contributed by atoms with van der Waals surface area (Å²) in [5, 5.41) is 0. The number of allylic oxidation sites excluding steroid dienone is 1. The van der Waals surface area contributed by atoms with Crippen LogP contribution in [0.1, 0.15) is 265 Å². The zero-order valence-electron chi connectivity index (χ0n) is 32.9. The van der Waals surface area contributed by atoms with E-state index < -0.39 is 0 Å². The van der Waals surface area contributed by atoms with E-state index in [1.165, 1.54) is 250 Å². The molecule has 0 aliphatic rings. The fraction of sp³-hybridized carbons (Fsp3) is 0.956. The first-order valence-corrected chi connectivity index (χ1v) is 21.8. The molecule has 0 heterocycles. The Morgan fingerprint density at radius 1 is 0.326 bits per heavy atom. The van der Waals surface area contributed by atoms with E-state index in [1.54, 1.807) is 0 Å². The summed E-state index contributed by atoms with van der Waals surface area (Å²) in [5.74, 6) is 0. The van der Waals surface area contributed by atoms with Crippen LogP contribution in [0.2, 0.25) is 0 Å². The molecule has 0 aliphatic carbocycles. The van der Waals surface area contributed by atoms with E-state index in [1.807, 2.05) is 0 Å². The average molecular weight is 646 g/mol. The molecule has 0 rings (SSSR count). The van der Waals surface area contributed by atoms with Gasteiger partial charge in [-0.2, -0.15) is 0 Å². The summed E-state index contributed by atoms with van der Waals surface area (Å²) in [6, 6.07) is 0. The van der Waals surface area contributed by atoms with Crippen molar-refractivity contribution in [3.05, 3.63) is 12.2 Å². The molecule has 0 spiro atoms. The second-order valence-electron chi connectivity index (χ2n) is 16.8. The maximum atomic E-state index is 5.56. The smallest absolute Gasteiger partial charge is 0.00773 e. The molecule has 0 amide bonds. The lowest BCUT2D eigenvalue weighted by atomic mass is 9.87. The Labute approximate surface area is 293 Å². The topological polar surface area (TPSA) is 26.0 Å². The molecule has 0 aliphatic heterocycles. The molecule has 0 fully saturated rings. The molecule has 1 heteroatoms. The minimum Gasteiger partial charge on any atom is -0.330 e. The van der Waals surface area contributed by atoms with E-state index in [0.29, 0.717) is 5.41 Å². The average Bonchev–Trinajstić information content (AvgIpc) is 3.01. The molecule has 0 saturated heterocycles. The molecule has 1 nitrogen and oxygen atoms in total. The van der Waals surface area contributed by atoms with Gasteiger partial charge in [0.2, 0.25) is 0 Å². The van der Waals surface area contributed by atoms with Crippen molar-refractivity contribution < 1.29 is 0 Å². The fourth-order valence-electron chi connectivity index (χ4n) is 7.37. The van der Waals surface area contributed by atoms with Gasteiger partial charge in [0.15, 0.2) is 0 Å². The molecular weight excluding hydrogens is 555 g/mol. The summed E-state index contributed by atoms with van der Waals surface area (Å²) in [5.41, 5.74) is 7.42. The second-order valence-corrected chi connectivity index (χ2v) is 16.8. The van der Waals surface area contributed by atoms with Gasteiger partial charge in [0.25, 0.3) is 0 Å². The Morgan fingerprint density at radius 2 is 0.500 bits per heavy atom. The Bertz CT molecular complexity index is 572. The van der Waals surface area contributed by atoms with Gasteiger partial charge in [0.05, 0.1) is 0 Å². The molecule has 0 atom stereocenters. The lowest BCUT2D eigenvalue weighted by molar-refractivity contribution is 0.402. The van der Waals surface area contributed by atoms with Crippen molar-refractivity contribution in [2.24, 2.45) is 11.1 Å². The molecule has 2 N–H and O–H groups in total. The molecular formula is C45H91N. The Morgan fingerprint density at radius 3 is 0.674 bits per heavy atom. The van der Waals surface area contributed by atoms with E-state index in [9.17, 15) is 0 Å². The van der Waals surface area contributed by atoms with Gasteiger partial charge in [0.1, 0.15) is 0 Å². The first-order chi connectivity index (χ1) is 22.5. The molecule has 0 aromatic rings. The van der Waals surface area contributed by atoms with Crippen molar-refractivity contribution in [3.8, 4) is 0 Å². The normalized spacial score (nSPS) is 11.9. The number of rotatable bonds is 39. The summed E-state index contributed by atoms with van der Waals surface area (Å²) in [6.45, 7) is 12.1. The minimum atomic E-state index is 0.403. The third-order valence-electron chi connectivity index (χ3n) is 10.3. The van der Waals surface area contributed by atoms with Gasteiger partial charge in [-0.25, -0.2) is 0 Å². The maximum Gasteiger partial charge on any atom is -0.00773 e. The molecule has 276 valence electrons. The van der Waals surface area contributed by atoms with Gasteiger partial charge >= 0.3 is 0 Å². The van der Waals surface area contributed by atoms with Crippen LogP contribution in [0.5, 0.6) is 0 Å². The third kappa shape index (κ3) is 41.7. The number of hydrogen-bond donors (Lipinski definition) is 1. The van der Waals surface area contributed by atoms with Crippen molar-refractivity contribution >= 4 is 0 Å². The van der Waals surface area contributed by atoms with E-state index in [-0.39, 0.29) is 0 Å². The quantitative estimate of drug-likeness (QED) is 0.0522. The molecule has 46 heavy (non-hydrogen) atoms. The monoisotopic (exact) mass is 646 g/mol. The van der Waals surface area contributed by atoms with E-state index in [2.05, 4.69) is 27.4 Å².